The molecule has 1 amide bonds. The molecular weight excluding hydrogens is 274 g/mol. The summed E-state index contributed by atoms with van der Waals surface area (Å²) >= 11 is 0. The highest BCUT2D eigenvalue weighted by Gasteiger charge is 2.43. The molecule has 0 saturated carbocycles. The molecule has 0 heterocycles. The Labute approximate surface area is 97.2 Å². The first-order chi connectivity index (χ1) is 7.64. The summed E-state index contributed by atoms with van der Waals surface area (Å²) in [6, 6.07) is 6.51. The van der Waals surface area contributed by atoms with Gasteiger partial charge in [0, 0.05) is 0 Å². The fraction of sp³-hybridized carbons (Fsp3) is 0. The van der Waals surface area contributed by atoms with Gasteiger partial charge >= 0.3 is 26.5 Å². The maximum Gasteiger partial charge on any atom is 0.455 e. The average molecular weight is 282 g/mol. The molecule has 0 aliphatic carbocycles. The van der Waals surface area contributed by atoms with E-state index in [1.807, 2.05) is 0 Å². The molecule has 0 spiro atoms. The Kier molecular flexibility index (Phi) is 3.64. The van der Waals surface area contributed by atoms with Crippen LogP contribution in [0.4, 0.5) is 0 Å². The molecule has 1 rings (SSSR count). The van der Waals surface area contributed by atoms with Crippen LogP contribution in [-0.4, -0.2) is 31.8 Å². The second-order valence-corrected chi connectivity index (χ2v) is 5.91. The van der Waals surface area contributed by atoms with Crippen molar-refractivity contribution in [3.63, 3.8) is 0 Å². The molecule has 1 aromatic rings. The average Bonchev–Trinajstić information content (AvgIpc) is 2.14. The molecule has 1 aromatic carbocycles. The van der Waals surface area contributed by atoms with Crippen LogP contribution in [0.15, 0.2) is 30.3 Å². The molecule has 3 N–H and O–H groups in total. The molecule has 0 unspecified atom stereocenters. The monoisotopic (exact) mass is 282 g/mol. The molecule has 8 nitrogen and oxygen atoms in total. The molecule has 0 atom stereocenters. The highest BCUT2D eigenvalue weighted by Crippen LogP contribution is 1.96. The normalized spacial score (nSPS) is 12.6. The third-order valence-electron chi connectivity index (χ3n) is 1.69. The van der Waals surface area contributed by atoms with Gasteiger partial charge in [-0.15, -0.1) is 16.8 Å². The van der Waals surface area contributed by atoms with Crippen LogP contribution in [-0.2, 0) is 20.6 Å². The summed E-state index contributed by atoms with van der Waals surface area (Å²) in [5.74, 6) is -1.50. The molecule has 0 bridgehead atoms. The number of benzene rings is 1. The van der Waals surface area contributed by atoms with Crippen LogP contribution in [0.5, 0.6) is 0 Å². The van der Waals surface area contributed by atoms with Gasteiger partial charge in [0.1, 0.15) is 0 Å². The van der Waals surface area contributed by atoms with Crippen LogP contribution in [0, 0.1) is 0 Å². The maximum absolute atomic E-state index is 11.5. The van der Waals surface area contributed by atoms with E-state index in [0.717, 1.165) is 12.1 Å². The SMILES string of the molecule is O=C(c1ccccc1)[NH+](S(=O)(=O)O)S(=O)(=O)O. The van der Waals surface area contributed by atoms with E-state index in [-0.39, 0.29) is 5.56 Å². The molecule has 0 saturated heterocycles. The zero-order valence-electron chi connectivity index (χ0n) is 8.14. The van der Waals surface area contributed by atoms with Crippen molar-refractivity contribution in [3.05, 3.63) is 35.9 Å². The summed E-state index contributed by atoms with van der Waals surface area (Å²) in [4.78, 5) is 11.5. The third-order valence-corrected chi connectivity index (χ3v) is 4.26. The summed E-state index contributed by atoms with van der Waals surface area (Å²) in [6.07, 6.45) is 0. The first kappa shape index (κ1) is 13.7. The number of rotatable bonds is 3. The lowest BCUT2D eigenvalue weighted by Crippen LogP contribution is -3.17. The Hall–Kier alpha value is -1.33. The molecule has 17 heavy (non-hydrogen) atoms. The molecule has 94 valence electrons. The second-order valence-electron chi connectivity index (χ2n) is 2.93. The van der Waals surface area contributed by atoms with E-state index in [9.17, 15) is 21.6 Å². The summed E-state index contributed by atoms with van der Waals surface area (Å²) < 4.78 is 58.3. The number of carbonyl (C=O) groups excluding carboxylic acids is 1. The van der Waals surface area contributed by atoms with Crippen molar-refractivity contribution in [2.45, 2.75) is 0 Å². The van der Waals surface area contributed by atoms with Crippen molar-refractivity contribution in [3.8, 4) is 0 Å². The van der Waals surface area contributed by atoms with Gasteiger partial charge in [0.2, 0.25) is 0 Å². The molecule has 10 heteroatoms. The number of hydrogen-bond donors (Lipinski definition) is 3. The summed E-state index contributed by atoms with van der Waals surface area (Å²) in [7, 11) is -10.7. The smallest absolute Gasteiger partial charge is 0.240 e. The first-order valence-electron chi connectivity index (χ1n) is 4.05. The lowest BCUT2D eigenvalue weighted by molar-refractivity contribution is -0.529. The van der Waals surface area contributed by atoms with Crippen LogP contribution < -0.4 is 3.71 Å². The van der Waals surface area contributed by atoms with E-state index in [1.165, 1.54) is 18.2 Å². The second kappa shape index (κ2) is 4.50. The predicted molar refractivity (Wildman–Crippen MR) is 54.8 cm³/mol. The van der Waals surface area contributed by atoms with Crippen LogP contribution in [0.1, 0.15) is 10.4 Å². The van der Waals surface area contributed by atoms with E-state index in [1.54, 1.807) is 0 Å². The highest BCUT2D eigenvalue weighted by atomic mass is 32.3. The van der Waals surface area contributed by atoms with Gasteiger partial charge in [-0.2, -0.15) is 0 Å². The first-order valence-corrected chi connectivity index (χ1v) is 6.93. The standard InChI is InChI=1S/C7H7NO7S2/c9-7(6-4-2-1-3-5-6)8(16(10,11)12)17(13,14)15/h1-5H,(H,10,11,12)(H,13,14,15)/p+1. The van der Waals surface area contributed by atoms with Gasteiger partial charge in [-0.3, -0.25) is 0 Å². The summed E-state index contributed by atoms with van der Waals surface area (Å²) in [6.45, 7) is 0. The van der Waals surface area contributed by atoms with Crippen LogP contribution >= 0.6 is 0 Å². The Morgan fingerprint density at radius 1 is 0.941 bits per heavy atom. The van der Waals surface area contributed by atoms with E-state index in [0.29, 0.717) is 0 Å². The number of carbonyl (C=O) groups is 1. The molecule has 0 aliphatic heterocycles. The molecule has 0 aromatic heterocycles. The Bertz CT molecular complexity index is 587. The van der Waals surface area contributed by atoms with Crippen molar-refractivity contribution in [1.82, 2.24) is 0 Å². The fourth-order valence-electron chi connectivity index (χ4n) is 1.07. The van der Waals surface area contributed by atoms with Crippen molar-refractivity contribution in [1.29, 1.82) is 0 Å². The number of quaternary nitrogens is 1. The van der Waals surface area contributed by atoms with E-state index < -0.39 is 30.2 Å². The van der Waals surface area contributed by atoms with Gasteiger partial charge in [-0.25, -0.2) is 13.9 Å². The van der Waals surface area contributed by atoms with Gasteiger partial charge in [-0.05, 0) is 15.8 Å². The molecule has 0 fully saturated rings. The molecular formula is C7H8NO7S2+. The van der Waals surface area contributed by atoms with Gasteiger partial charge in [0.15, 0.2) is 0 Å². The van der Waals surface area contributed by atoms with Gasteiger partial charge < -0.3 is 0 Å². The highest BCUT2D eigenvalue weighted by molar-refractivity contribution is 7.91. The lowest BCUT2D eigenvalue weighted by Gasteiger charge is -2.08. The number of amides is 1. The maximum atomic E-state index is 11.5. The zero-order valence-corrected chi connectivity index (χ0v) is 9.77. The van der Waals surface area contributed by atoms with Gasteiger partial charge in [-0.1, -0.05) is 18.2 Å². The minimum Gasteiger partial charge on any atom is -0.240 e. The third kappa shape index (κ3) is 3.31. The van der Waals surface area contributed by atoms with E-state index in [2.05, 4.69) is 0 Å². The van der Waals surface area contributed by atoms with Crippen molar-refractivity contribution in [2.24, 2.45) is 0 Å². The summed E-state index contributed by atoms with van der Waals surface area (Å²) in [5.41, 5.74) is -0.294. The number of hydrogen-bond acceptors (Lipinski definition) is 5. The van der Waals surface area contributed by atoms with E-state index in [4.69, 9.17) is 9.11 Å². The Balaban J connectivity index is 3.34. The Morgan fingerprint density at radius 2 is 1.35 bits per heavy atom. The molecule has 0 radical (unpaired) electrons. The summed E-state index contributed by atoms with van der Waals surface area (Å²) in [5, 5.41) is 0. The number of nitrogens with one attached hydrogen (secondary N) is 1. The minimum absolute atomic E-state index is 0.294. The van der Waals surface area contributed by atoms with E-state index >= 15 is 0 Å². The van der Waals surface area contributed by atoms with Crippen LogP contribution in [0.25, 0.3) is 0 Å². The quantitative estimate of drug-likeness (QED) is 0.564. The predicted octanol–water partition coefficient (Wildman–Crippen LogP) is -1.68. The lowest BCUT2D eigenvalue weighted by atomic mass is 10.2. The zero-order chi connectivity index (χ0) is 13.3. The minimum atomic E-state index is -5.34. The van der Waals surface area contributed by atoms with Gasteiger partial charge in [0.25, 0.3) is 0 Å². The molecule has 0 aliphatic rings. The van der Waals surface area contributed by atoms with Crippen molar-refractivity contribution in [2.75, 3.05) is 0 Å². The van der Waals surface area contributed by atoms with Crippen LogP contribution in [0.3, 0.4) is 0 Å². The largest absolute Gasteiger partial charge is 0.455 e. The Morgan fingerprint density at radius 3 is 1.71 bits per heavy atom. The van der Waals surface area contributed by atoms with Gasteiger partial charge in [0.05, 0.1) is 5.56 Å². The van der Waals surface area contributed by atoms with Crippen molar-refractivity contribution < 1.29 is 34.4 Å². The fourth-order valence-corrected chi connectivity index (χ4v) is 2.84. The van der Waals surface area contributed by atoms with Crippen molar-refractivity contribution >= 4 is 26.5 Å². The van der Waals surface area contributed by atoms with Crippen LogP contribution in [0.2, 0.25) is 0 Å². The topological polar surface area (TPSA) is 130 Å².